The second-order valence-corrected chi connectivity index (χ2v) is 5.57. The Bertz CT molecular complexity index is 641. The van der Waals surface area contributed by atoms with Crippen LogP contribution in [-0.2, 0) is 12.8 Å². The van der Waals surface area contributed by atoms with Crippen molar-refractivity contribution in [1.29, 1.82) is 0 Å². The molecular formula is C17H16F3NO. The number of fused-ring (bicyclic) bond motifs is 1. The zero-order valence-electron chi connectivity index (χ0n) is 11.8. The van der Waals surface area contributed by atoms with Gasteiger partial charge in [-0.25, -0.2) is 13.2 Å². The minimum atomic E-state index is -1.49. The molecule has 5 heteroatoms. The Labute approximate surface area is 126 Å². The molecular weight excluding hydrogens is 291 g/mol. The third kappa shape index (κ3) is 2.87. The van der Waals surface area contributed by atoms with Gasteiger partial charge < -0.3 is 10.4 Å². The quantitative estimate of drug-likeness (QED) is 0.851. The lowest BCUT2D eigenvalue weighted by molar-refractivity contribution is 0.232. The van der Waals surface area contributed by atoms with Crippen LogP contribution < -0.4 is 5.32 Å². The van der Waals surface area contributed by atoms with Crippen LogP contribution in [-0.4, -0.2) is 17.8 Å². The largest absolute Gasteiger partial charge is 0.394 e. The number of hydrogen-bond donors (Lipinski definition) is 2. The Balaban J connectivity index is 1.76. The standard InChI is InChI=1S/C17H16F3NO/c18-14-7-12(8-15(19)17(14)20)16(9-22)21-13-5-10-3-1-2-4-11(10)6-13/h1-4,7-8,13,16,21-22H,5-6,9H2. The molecule has 1 atom stereocenters. The van der Waals surface area contributed by atoms with Gasteiger partial charge in [0, 0.05) is 6.04 Å². The average Bonchev–Trinajstić information content (AvgIpc) is 2.92. The topological polar surface area (TPSA) is 32.3 Å². The van der Waals surface area contributed by atoms with Crippen LogP contribution in [0.25, 0.3) is 0 Å². The second kappa shape index (κ2) is 6.10. The number of hydrogen-bond acceptors (Lipinski definition) is 2. The first-order valence-electron chi connectivity index (χ1n) is 7.16. The van der Waals surface area contributed by atoms with Gasteiger partial charge in [-0.15, -0.1) is 0 Å². The van der Waals surface area contributed by atoms with E-state index in [1.54, 1.807) is 0 Å². The molecule has 0 spiro atoms. The number of halogens is 3. The van der Waals surface area contributed by atoms with Crippen LogP contribution in [0.2, 0.25) is 0 Å². The van der Waals surface area contributed by atoms with Crippen molar-refractivity contribution in [2.75, 3.05) is 6.61 Å². The lowest BCUT2D eigenvalue weighted by Gasteiger charge is -2.22. The van der Waals surface area contributed by atoms with Gasteiger partial charge >= 0.3 is 0 Å². The molecule has 1 aliphatic carbocycles. The zero-order valence-corrected chi connectivity index (χ0v) is 11.8. The van der Waals surface area contributed by atoms with Crippen molar-refractivity contribution in [1.82, 2.24) is 5.32 Å². The molecule has 0 aliphatic heterocycles. The molecule has 0 saturated carbocycles. The van der Waals surface area contributed by atoms with E-state index in [1.807, 2.05) is 24.3 Å². The Hall–Kier alpha value is -1.85. The first-order valence-corrected chi connectivity index (χ1v) is 7.16. The summed E-state index contributed by atoms with van der Waals surface area (Å²) in [4.78, 5) is 0. The summed E-state index contributed by atoms with van der Waals surface area (Å²) in [6, 6.07) is 9.31. The highest BCUT2D eigenvalue weighted by Crippen LogP contribution is 2.25. The number of aliphatic hydroxyl groups is 1. The lowest BCUT2D eigenvalue weighted by atomic mass is 10.0. The first-order chi connectivity index (χ1) is 10.6. The number of nitrogens with one attached hydrogen (secondary N) is 1. The molecule has 1 unspecified atom stereocenters. The van der Waals surface area contributed by atoms with Gasteiger partial charge in [-0.2, -0.15) is 0 Å². The minimum Gasteiger partial charge on any atom is -0.394 e. The molecule has 22 heavy (non-hydrogen) atoms. The summed E-state index contributed by atoms with van der Waals surface area (Å²) in [7, 11) is 0. The monoisotopic (exact) mass is 307 g/mol. The highest BCUT2D eigenvalue weighted by atomic mass is 19.2. The molecule has 0 amide bonds. The number of aliphatic hydroxyl groups excluding tert-OH is 1. The van der Waals surface area contributed by atoms with Crippen LogP contribution in [0, 0.1) is 17.5 Å². The highest BCUT2D eigenvalue weighted by Gasteiger charge is 2.25. The van der Waals surface area contributed by atoms with Gasteiger partial charge in [0.2, 0.25) is 0 Å². The molecule has 0 fully saturated rings. The second-order valence-electron chi connectivity index (χ2n) is 5.57. The van der Waals surface area contributed by atoms with E-state index in [9.17, 15) is 18.3 Å². The van der Waals surface area contributed by atoms with Gasteiger partial charge in [-0.05, 0) is 41.7 Å². The first kappa shape index (κ1) is 15.1. The van der Waals surface area contributed by atoms with Gasteiger partial charge in [-0.1, -0.05) is 24.3 Å². The zero-order chi connectivity index (χ0) is 15.7. The van der Waals surface area contributed by atoms with E-state index < -0.39 is 23.5 Å². The summed E-state index contributed by atoms with van der Waals surface area (Å²) in [6.07, 6.45) is 1.58. The van der Waals surface area contributed by atoms with Crippen molar-refractivity contribution < 1.29 is 18.3 Å². The van der Waals surface area contributed by atoms with E-state index in [0.29, 0.717) is 0 Å². The molecule has 0 saturated heterocycles. The summed E-state index contributed by atoms with van der Waals surface area (Å²) >= 11 is 0. The third-order valence-corrected chi connectivity index (χ3v) is 4.08. The maximum absolute atomic E-state index is 13.3. The summed E-state index contributed by atoms with van der Waals surface area (Å²) in [5, 5.41) is 12.7. The molecule has 2 aromatic rings. The van der Waals surface area contributed by atoms with E-state index in [2.05, 4.69) is 5.32 Å². The Morgan fingerprint density at radius 1 is 1.05 bits per heavy atom. The van der Waals surface area contributed by atoms with E-state index in [4.69, 9.17) is 0 Å². The SMILES string of the molecule is OCC(NC1Cc2ccccc2C1)c1cc(F)c(F)c(F)c1. The Morgan fingerprint density at radius 3 is 2.09 bits per heavy atom. The van der Waals surface area contributed by atoms with Crippen LogP contribution in [0.1, 0.15) is 22.7 Å². The third-order valence-electron chi connectivity index (χ3n) is 4.08. The predicted octanol–water partition coefficient (Wildman–Crippen LogP) is 2.89. The molecule has 0 aromatic heterocycles. The molecule has 3 rings (SSSR count). The van der Waals surface area contributed by atoms with Crippen LogP contribution in [0.4, 0.5) is 13.2 Å². The van der Waals surface area contributed by atoms with Crippen molar-refractivity contribution in [3.8, 4) is 0 Å². The van der Waals surface area contributed by atoms with Crippen molar-refractivity contribution in [3.63, 3.8) is 0 Å². The molecule has 0 heterocycles. The van der Waals surface area contributed by atoms with Crippen molar-refractivity contribution in [2.24, 2.45) is 0 Å². The van der Waals surface area contributed by atoms with Crippen LogP contribution >= 0.6 is 0 Å². The summed E-state index contributed by atoms with van der Waals surface area (Å²) < 4.78 is 39.7. The lowest BCUT2D eigenvalue weighted by Crippen LogP contribution is -2.35. The summed E-state index contributed by atoms with van der Waals surface area (Å²) in [5.74, 6) is -3.98. The highest BCUT2D eigenvalue weighted by molar-refractivity contribution is 5.33. The van der Waals surface area contributed by atoms with Crippen molar-refractivity contribution in [3.05, 3.63) is 70.5 Å². The predicted molar refractivity (Wildman–Crippen MR) is 76.9 cm³/mol. The molecule has 0 bridgehead atoms. The Morgan fingerprint density at radius 2 is 1.59 bits per heavy atom. The van der Waals surface area contributed by atoms with E-state index in [-0.39, 0.29) is 18.2 Å². The maximum Gasteiger partial charge on any atom is 0.194 e. The van der Waals surface area contributed by atoms with E-state index in [0.717, 1.165) is 25.0 Å². The smallest absolute Gasteiger partial charge is 0.194 e. The van der Waals surface area contributed by atoms with Crippen LogP contribution in [0.3, 0.4) is 0 Å². The Kier molecular flexibility index (Phi) is 4.18. The van der Waals surface area contributed by atoms with Gasteiger partial charge in [0.15, 0.2) is 17.5 Å². The van der Waals surface area contributed by atoms with E-state index >= 15 is 0 Å². The van der Waals surface area contributed by atoms with Crippen molar-refractivity contribution in [2.45, 2.75) is 24.9 Å². The molecule has 2 aromatic carbocycles. The van der Waals surface area contributed by atoms with Crippen LogP contribution in [0.5, 0.6) is 0 Å². The van der Waals surface area contributed by atoms with Gasteiger partial charge in [0.25, 0.3) is 0 Å². The molecule has 2 N–H and O–H groups in total. The molecule has 116 valence electrons. The summed E-state index contributed by atoms with van der Waals surface area (Å²) in [6.45, 7) is -0.322. The molecule has 0 radical (unpaired) electrons. The molecule has 2 nitrogen and oxygen atoms in total. The van der Waals surface area contributed by atoms with Crippen LogP contribution in [0.15, 0.2) is 36.4 Å². The number of benzene rings is 2. The van der Waals surface area contributed by atoms with Gasteiger partial charge in [-0.3, -0.25) is 0 Å². The number of rotatable bonds is 4. The summed E-state index contributed by atoms with van der Waals surface area (Å²) in [5.41, 5.74) is 2.66. The maximum atomic E-state index is 13.3. The van der Waals surface area contributed by atoms with Gasteiger partial charge in [0.1, 0.15) is 0 Å². The normalized spacial score (nSPS) is 15.8. The fourth-order valence-corrected chi connectivity index (χ4v) is 2.99. The van der Waals surface area contributed by atoms with Crippen molar-refractivity contribution >= 4 is 0 Å². The fraction of sp³-hybridized carbons (Fsp3) is 0.294. The fourth-order valence-electron chi connectivity index (χ4n) is 2.99. The minimum absolute atomic E-state index is 0.0747. The van der Waals surface area contributed by atoms with Gasteiger partial charge in [0.05, 0.1) is 12.6 Å². The average molecular weight is 307 g/mol. The van der Waals surface area contributed by atoms with E-state index in [1.165, 1.54) is 11.1 Å². The molecule has 1 aliphatic rings.